The molecule has 5 nitrogen and oxygen atoms in total. The van der Waals surface area contributed by atoms with Gasteiger partial charge in [-0.15, -0.1) is 0 Å². The second-order valence-corrected chi connectivity index (χ2v) is 5.22. The number of benzene rings is 1. The van der Waals surface area contributed by atoms with Crippen LogP contribution in [0.5, 0.6) is 0 Å². The van der Waals surface area contributed by atoms with Crippen molar-refractivity contribution < 1.29 is 27.9 Å². The van der Waals surface area contributed by atoms with Gasteiger partial charge < -0.3 is 15.7 Å². The van der Waals surface area contributed by atoms with Crippen molar-refractivity contribution in [3.05, 3.63) is 28.2 Å². The minimum absolute atomic E-state index is 0.0582. The Kier molecular flexibility index (Phi) is 5.59. The highest BCUT2D eigenvalue weighted by atomic mass is 79.9. The van der Waals surface area contributed by atoms with E-state index in [9.17, 15) is 22.8 Å². The van der Waals surface area contributed by atoms with Crippen LogP contribution in [0.25, 0.3) is 0 Å². The van der Waals surface area contributed by atoms with Gasteiger partial charge in [-0.2, -0.15) is 13.2 Å². The second kappa shape index (κ2) is 6.79. The van der Waals surface area contributed by atoms with Gasteiger partial charge in [-0.3, -0.25) is 4.79 Å². The van der Waals surface area contributed by atoms with Gasteiger partial charge in [0.05, 0.1) is 11.5 Å². The lowest BCUT2D eigenvalue weighted by Gasteiger charge is -2.12. The van der Waals surface area contributed by atoms with Crippen LogP contribution in [0.1, 0.15) is 12.5 Å². The summed E-state index contributed by atoms with van der Waals surface area (Å²) in [5.41, 5.74) is -0.969. The number of aliphatic carboxylic acids is 1. The number of alkyl halides is 3. The van der Waals surface area contributed by atoms with Crippen LogP contribution in [0.15, 0.2) is 22.7 Å². The number of amides is 2. The van der Waals surface area contributed by atoms with E-state index in [1.807, 2.05) is 0 Å². The molecule has 0 aliphatic rings. The number of halogens is 4. The summed E-state index contributed by atoms with van der Waals surface area (Å²) in [4.78, 5) is 22.1. The maximum atomic E-state index is 12.6. The number of anilines is 1. The maximum absolute atomic E-state index is 12.6. The lowest BCUT2D eigenvalue weighted by atomic mass is 10.2. The Labute approximate surface area is 126 Å². The Morgan fingerprint density at radius 3 is 2.48 bits per heavy atom. The fourth-order valence-corrected chi connectivity index (χ4v) is 1.83. The fraction of sp³-hybridized carbons (Fsp3) is 0.333. The molecule has 1 aromatic carbocycles. The molecule has 0 heterocycles. The Bertz CT molecular complexity index is 549. The molecule has 21 heavy (non-hydrogen) atoms. The lowest BCUT2D eigenvalue weighted by molar-refractivity contribution is -0.141. The number of carboxylic acid groups (broad SMARTS) is 1. The van der Waals surface area contributed by atoms with Crippen LogP contribution < -0.4 is 10.6 Å². The Hall–Kier alpha value is -1.77. The van der Waals surface area contributed by atoms with E-state index in [2.05, 4.69) is 26.6 Å². The summed E-state index contributed by atoms with van der Waals surface area (Å²) in [5, 5.41) is 13.1. The van der Waals surface area contributed by atoms with Crippen LogP contribution in [-0.4, -0.2) is 23.7 Å². The van der Waals surface area contributed by atoms with Gasteiger partial charge in [-0.1, -0.05) is 22.9 Å². The minimum Gasteiger partial charge on any atom is -0.481 e. The van der Waals surface area contributed by atoms with Gasteiger partial charge >= 0.3 is 18.2 Å². The average Bonchev–Trinajstić information content (AvgIpc) is 2.33. The van der Waals surface area contributed by atoms with E-state index in [1.165, 1.54) is 13.0 Å². The SMILES string of the molecule is CC(CNC(=O)Nc1cc(Br)cc(C(F)(F)F)c1)C(=O)O. The predicted molar refractivity (Wildman–Crippen MR) is 73.0 cm³/mol. The molecule has 0 aliphatic carbocycles. The normalized spacial score (nSPS) is 12.6. The number of carboxylic acids is 1. The molecule has 0 bridgehead atoms. The van der Waals surface area contributed by atoms with Crippen molar-refractivity contribution in [3.63, 3.8) is 0 Å². The highest BCUT2D eigenvalue weighted by Gasteiger charge is 2.31. The summed E-state index contributed by atoms with van der Waals surface area (Å²) in [7, 11) is 0. The van der Waals surface area contributed by atoms with Crippen LogP contribution in [0.4, 0.5) is 23.7 Å². The topological polar surface area (TPSA) is 78.4 Å². The summed E-state index contributed by atoms with van der Waals surface area (Å²) in [5.74, 6) is -1.89. The zero-order valence-corrected chi connectivity index (χ0v) is 12.4. The van der Waals surface area contributed by atoms with Crippen molar-refractivity contribution in [2.75, 3.05) is 11.9 Å². The third kappa shape index (κ3) is 5.62. The number of hydrogen-bond donors (Lipinski definition) is 3. The monoisotopic (exact) mass is 368 g/mol. The summed E-state index contributed by atoms with van der Waals surface area (Å²) < 4.78 is 38.0. The van der Waals surface area contributed by atoms with Gasteiger partial charge in [-0.05, 0) is 18.2 Å². The Morgan fingerprint density at radius 2 is 1.95 bits per heavy atom. The van der Waals surface area contributed by atoms with Gasteiger partial charge in [0, 0.05) is 16.7 Å². The van der Waals surface area contributed by atoms with Crippen molar-refractivity contribution in [2.45, 2.75) is 13.1 Å². The number of nitrogens with one attached hydrogen (secondary N) is 2. The molecule has 0 spiro atoms. The van der Waals surface area contributed by atoms with Crippen LogP contribution in [0.2, 0.25) is 0 Å². The van der Waals surface area contributed by atoms with E-state index in [-0.39, 0.29) is 16.7 Å². The van der Waals surface area contributed by atoms with Crippen LogP contribution >= 0.6 is 15.9 Å². The predicted octanol–water partition coefficient (Wildman–Crippen LogP) is 3.31. The Balaban J connectivity index is 2.72. The molecule has 0 saturated carbocycles. The molecule has 0 saturated heterocycles. The molecule has 0 aromatic heterocycles. The largest absolute Gasteiger partial charge is 0.481 e. The van der Waals surface area contributed by atoms with Crippen LogP contribution in [0, 0.1) is 5.92 Å². The van der Waals surface area contributed by atoms with Crippen molar-refractivity contribution in [2.24, 2.45) is 5.92 Å². The van der Waals surface area contributed by atoms with Crippen molar-refractivity contribution in [1.82, 2.24) is 5.32 Å². The van der Waals surface area contributed by atoms with E-state index in [0.29, 0.717) is 0 Å². The molecular weight excluding hydrogens is 357 g/mol. The van der Waals surface area contributed by atoms with Crippen molar-refractivity contribution in [1.29, 1.82) is 0 Å². The van der Waals surface area contributed by atoms with Gasteiger partial charge in [0.15, 0.2) is 0 Å². The van der Waals surface area contributed by atoms with Gasteiger partial charge in [0.2, 0.25) is 0 Å². The molecule has 1 rings (SSSR count). The number of rotatable bonds is 4. The number of urea groups is 1. The zero-order valence-electron chi connectivity index (χ0n) is 10.8. The summed E-state index contributed by atoms with van der Waals surface area (Å²) in [6, 6.07) is 2.19. The zero-order chi connectivity index (χ0) is 16.2. The first kappa shape index (κ1) is 17.3. The Morgan fingerprint density at radius 1 is 1.33 bits per heavy atom. The average molecular weight is 369 g/mol. The van der Waals surface area contributed by atoms with E-state index in [0.717, 1.165) is 12.1 Å². The summed E-state index contributed by atoms with van der Waals surface area (Å²) in [6.45, 7) is 1.25. The van der Waals surface area contributed by atoms with Crippen LogP contribution in [-0.2, 0) is 11.0 Å². The van der Waals surface area contributed by atoms with E-state index >= 15 is 0 Å². The van der Waals surface area contributed by atoms with E-state index < -0.39 is 29.7 Å². The number of carbonyl (C=O) groups is 2. The molecule has 0 fully saturated rings. The highest BCUT2D eigenvalue weighted by Crippen LogP contribution is 2.33. The number of hydrogen-bond acceptors (Lipinski definition) is 2. The molecular formula is C12H12BrF3N2O3. The van der Waals surface area contributed by atoms with Gasteiger partial charge in [-0.25, -0.2) is 4.79 Å². The lowest BCUT2D eigenvalue weighted by Crippen LogP contribution is -2.34. The first-order valence-electron chi connectivity index (χ1n) is 5.75. The third-order valence-electron chi connectivity index (χ3n) is 2.47. The first-order valence-corrected chi connectivity index (χ1v) is 6.54. The molecule has 0 aliphatic heterocycles. The molecule has 3 N–H and O–H groups in total. The standard InChI is InChI=1S/C12H12BrF3N2O3/c1-6(10(19)20)5-17-11(21)18-9-3-7(12(14,15)16)2-8(13)4-9/h2-4,6H,5H2,1H3,(H,19,20)(H2,17,18,21). The molecule has 1 unspecified atom stereocenters. The van der Waals surface area contributed by atoms with Gasteiger partial charge in [0.25, 0.3) is 0 Å². The quantitative estimate of drug-likeness (QED) is 0.762. The number of carbonyl (C=O) groups excluding carboxylic acids is 1. The van der Waals surface area contributed by atoms with Crippen molar-refractivity contribution >= 4 is 33.6 Å². The summed E-state index contributed by atoms with van der Waals surface area (Å²) >= 11 is 2.93. The van der Waals surface area contributed by atoms with Crippen LogP contribution in [0.3, 0.4) is 0 Å². The van der Waals surface area contributed by atoms with Crippen molar-refractivity contribution in [3.8, 4) is 0 Å². The molecule has 1 atom stereocenters. The van der Waals surface area contributed by atoms with Gasteiger partial charge in [0.1, 0.15) is 0 Å². The fourth-order valence-electron chi connectivity index (χ4n) is 1.33. The summed E-state index contributed by atoms with van der Waals surface area (Å²) in [6.07, 6.45) is -4.53. The molecule has 116 valence electrons. The van der Waals surface area contributed by atoms with E-state index in [4.69, 9.17) is 5.11 Å². The smallest absolute Gasteiger partial charge is 0.416 e. The maximum Gasteiger partial charge on any atom is 0.416 e. The molecule has 1 aromatic rings. The first-order chi connectivity index (χ1) is 9.59. The second-order valence-electron chi connectivity index (χ2n) is 4.30. The highest BCUT2D eigenvalue weighted by molar-refractivity contribution is 9.10. The molecule has 9 heteroatoms. The molecule has 0 radical (unpaired) electrons. The molecule has 2 amide bonds. The van der Waals surface area contributed by atoms with E-state index in [1.54, 1.807) is 0 Å². The third-order valence-corrected chi connectivity index (χ3v) is 2.93. The minimum atomic E-state index is -4.53.